The quantitative estimate of drug-likeness (QED) is 0.292. The first-order valence-corrected chi connectivity index (χ1v) is 16.5. The third kappa shape index (κ3) is 5.23. The summed E-state index contributed by atoms with van der Waals surface area (Å²) in [6.45, 7) is 20.7. The number of rotatable bonds is 7. The average molecular weight is 521 g/mol. The molecule has 0 saturated heterocycles. The maximum absolute atomic E-state index is 11.2. The predicted octanol–water partition coefficient (Wildman–Crippen LogP) is 9.81. The maximum atomic E-state index is 11.2. The van der Waals surface area contributed by atoms with Gasteiger partial charge in [0.2, 0.25) is 0 Å². The highest BCUT2D eigenvalue weighted by Crippen LogP contribution is 2.55. The zero-order valence-corrected chi connectivity index (χ0v) is 25.5. The number of ether oxygens (including phenoxy) is 1. The molecule has 0 unspecified atom stereocenters. The fraction of sp³-hybridized carbons (Fsp3) is 0.576. The second-order valence-electron chi connectivity index (χ2n) is 13.1. The Morgan fingerprint density at radius 3 is 2.27 bits per heavy atom. The van der Waals surface area contributed by atoms with Gasteiger partial charge in [-0.05, 0) is 78.9 Å². The second-order valence-corrected chi connectivity index (χ2v) is 18.5. The lowest BCUT2D eigenvalue weighted by atomic mass is 9.64. The minimum Gasteiger partial charge on any atom is -0.542 e. The molecule has 202 valence electrons. The van der Waals surface area contributed by atoms with Crippen molar-refractivity contribution in [3.8, 4) is 17.2 Å². The van der Waals surface area contributed by atoms with E-state index in [4.69, 9.17) is 9.16 Å². The van der Waals surface area contributed by atoms with Crippen LogP contribution in [-0.2, 0) is 0 Å². The molecule has 0 aromatic heterocycles. The summed E-state index contributed by atoms with van der Waals surface area (Å²) in [5, 5.41) is 11.2. The number of hydrogen-bond donors (Lipinski definition) is 1. The van der Waals surface area contributed by atoms with E-state index in [0.717, 1.165) is 41.0 Å². The molecule has 0 amide bonds. The topological polar surface area (TPSA) is 38.7 Å². The molecule has 37 heavy (non-hydrogen) atoms. The predicted molar refractivity (Wildman–Crippen MR) is 159 cm³/mol. The molecule has 2 aromatic carbocycles. The number of phenolic OH excluding ortho intramolecular Hbond substituents is 1. The van der Waals surface area contributed by atoms with Crippen LogP contribution in [-0.4, -0.2) is 19.0 Å². The molecular weight excluding hydrogens is 472 g/mol. The zero-order chi connectivity index (χ0) is 27.1. The van der Waals surface area contributed by atoms with E-state index in [1.54, 1.807) is 0 Å². The Morgan fingerprint density at radius 1 is 0.973 bits per heavy atom. The zero-order valence-electron chi connectivity index (χ0n) is 24.5. The van der Waals surface area contributed by atoms with Gasteiger partial charge in [0.25, 0.3) is 8.32 Å². The largest absolute Gasteiger partial charge is 0.542 e. The lowest BCUT2D eigenvalue weighted by Gasteiger charge is -2.48. The minimum atomic E-state index is -2.07. The Balaban J connectivity index is 1.68. The van der Waals surface area contributed by atoms with E-state index in [1.807, 2.05) is 6.07 Å². The standard InChI is InChI=1S/C33H48O3Si/c1-21(2)37(22(3)4,23(5)6)36-30-13-11-10-12-26(30)16-15-25-19-29(34)32-27-18-24(7)14-17-28(27)33(8,9)35-31(32)20-25/h10-13,15-16,19-24,27-28,34H,14,17-18H2,1-9H3/b16-15+/t24-,27-,28-/m1/s1. The summed E-state index contributed by atoms with van der Waals surface area (Å²) in [6, 6.07) is 12.4. The molecule has 3 nitrogen and oxygen atoms in total. The van der Waals surface area contributed by atoms with E-state index < -0.39 is 8.32 Å². The third-order valence-corrected chi connectivity index (χ3v) is 15.2. The van der Waals surface area contributed by atoms with Gasteiger partial charge < -0.3 is 14.3 Å². The van der Waals surface area contributed by atoms with Gasteiger partial charge in [0.05, 0.1) is 0 Å². The van der Waals surface area contributed by atoms with Crippen LogP contribution >= 0.6 is 0 Å². The number of aromatic hydroxyl groups is 1. The summed E-state index contributed by atoms with van der Waals surface area (Å²) in [5.41, 5.74) is 4.33. The van der Waals surface area contributed by atoms with Crippen LogP contribution < -0.4 is 9.16 Å². The van der Waals surface area contributed by atoms with Crippen molar-refractivity contribution in [1.82, 2.24) is 0 Å². The van der Waals surface area contributed by atoms with Crippen LogP contribution in [0.25, 0.3) is 12.2 Å². The molecule has 0 bridgehead atoms. The normalized spacial score (nSPS) is 23.3. The van der Waals surface area contributed by atoms with Crippen molar-refractivity contribution >= 4 is 20.5 Å². The highest BCUT2D eigenvalue weighted by molar-refractivity contribution is 6.78. The summed E-state index contributed by atoms with van der Waals surface area (Å²) in [4.78, 5) is 0. The average Bonchev–Trinajstić information content (AvgIpc) is 2.80. The second kappa shape index (κ2) is 10.5. The molecule has 0 spiro atoms. The monoisotopic (exact) mass is 520 g/mol. The van der Waals surface area contributed by atoms with Crippen LogP contribution in [0, 0.1) is 11.8 Å². The minimum absolute atomic E-state index is 0.231. The molecular formula is C33H48O3Si. The van der Waals surface area contributed by atoms with Gasteiger partial charge in [-0.25, -0.2) is 0 Å². The van der Waals surface area contributed by atoms with Crippen molar-refractivity contribution in [2.24, 2.45) is 11.8 Å². The first-order chi connectivity index (χ1) is 17.4. The van der Waals surface area contributed by atoms with Gasteiger partial charge in [0.1, 0.15) is 22.8 Å². The summed E-state index contributed by atoms with van der Waals surface area (Å²) >= 11 is 0. The molecule has 2 aliphatic rings. The molecule has 2 aromatic rings. The lowest BCUT2D eigenvalue weighted by Crippen LogP contribution is -2.50. The Bertz CT molecular complexity index is 1110. The highest BCUT2D eigenvalue weighted by Gasteiger charge is 2.48. The summed E-state index contributed by atoms with van der Waals surface area (Å²) in [6.07, 6.45) is 7.71. The molecule has 3 atom stereocenters. The Hall–Kier alpha value is -2.20. The molecule has 0 radical (unpaired) electrons. The lowest BCUT2D eigenvalue weighted by molar-refractivity contribution is -0.0145. The summed E-state index contributed by atoms with van der Waals surface area (Å²) in [7, 11) is -2.07. The molecule has 1 fully saturated rings. The van der Waals surface area contributed by atoms with Gasteiger partial charge in [-0.1, -0.05) is 85.2 Å². The van der Waals surface area contributed by atoms with E-state index in [0.29, 0.717) is 40.1 Å². The molecule has 4 rings (SSSR count). The van der Waals surface area contributed by atoms with Gasteiger partial charge in [-0.2, -0.15) is 0 Å². The number of benzene rings is 2. The van der Waals surface area contributed by atoms with E-state index in [-0.39, 0.29) is 5.60 Å². The van der Waals surface area contributed by atoms with Gasteiger partial charge >= 0.3 is 0 Å². The van der Waals surface area contributed by atoms with Crippen molar-refractivity contribution in [2.75, 3.05) is 0 Å². The van der Waals surface area contributed by atoms with Crippen LogP contribution in [0.15, 0.2) is 36.4 Å². The van der Waals surface area contributed by atoms with Crippen LogP contribution in [0.3, 0.4) is 0 Å². The summed E-state index contributed by atoms with van der Waals surface area (Å²) < 4.78 is 13.6. The Labute approximate surface area is 226 Å². The fourth-order valence-corrected chi connectivity index (χ4v) is 12.8. The van der Waals surface area contributed by atoms with Crippen LogP contribution in [0.2, 0.25) is 16.6 Å². The molecule has 1 aliphatic heterocycles. The highest BCUT2D eigenvalue weighted by atomic mass is 28.4. The van der Waals surface area contributed by atoms with Crippen molar-refractivity contribution in [2.45, 2.75) is 110 Å². The third-order valence-electron chi connectivity index (χ3n) is 9.26. The molecule has 4 heteroatoms. The van der Waals surface area contributed by atoms with Gasteiger partial charge in [0.15, 0.2) is 0 Å². The first-order valence-electron chi connectivity index (χ1n) is 14.4. The Kier molecular flexibility index (Phi) is 7.91. The van der Waals surface area contributed by atoms with Crippen LogP contribution in [0.5, 0.6) is 17.2 Å². The number of para-hydroxylation sites is 1. The number of phenols is 1. The van der Waals surface area contributed by atoms with Crippen molar-refractivity contribution < 1.29 is 14.3 Å². The molecule has 1 aliphatic carbocycles. The molecule has 1 saturated carbocycles. The van der Waals surface area contributed by atoms with Gasteiger partial charge in [0, 0.05) is 17.0 Å². The van der Waals surface area contributed by atoms with E-state index in [2.05, 4.69) is 105 Å². The van der Waals surface area contributed by atoms with Crippen molar-refractivity contribution in [3.05, 3.63) is 53.1 Å². The number of hydrogen-bond acceptors (Lipinski definition) is 3. The summed E-state index contributed by atoms with van der Waals surface area (Å²) in [5.74, 6) is 3.65. The van der Waals surface area contributed by atoms with Crippen molar-refractivity contribution in [3.63, 3.8) is 0 Å². The van der Waals surface area contributed by atoms with E-state index in [9.17, 15) is 5.11 Å². The van der Waals surface area contributed by atoms with Gasteiger partial charge in [-0.3, -0.25) is 0 Å². The molecule has 1 N–H and O–H groups in total. The van der Waals surface area contributed by atoms with Gasteiger partial charge in [-0.15, -0.1) is 0 Å². The number of fused-ring (bicyclic) bond motifs is 3. The first kappa shape index (κ1) is 27.8. The maximum Gasteiger partial charge on any atom is 0.258 e. The molecule has 1 heterocycles. The Morgan fingerprint density at radius 2 is 1.62 bits per heavy atom. The smallest absolute Gasteiger partial charge is 0.258 e. The SMILES string of the molecule is CC(C)[Si](Oc1ccccc1/C=C/c1cc(O)c2c(c1)OC(C)(C)[C@@H]1CC[C@@H](C)C[C@@H]21)(C(C)C)C(C)C. The van der Waals surface area contributed by atoms with E-state index in [1.165, 1.54) is 6.42 Å². The van der Waals surface area contributed by atoms with Crippen LogP contribution in [0.1, 0.15) is 104 Å². The van der Waals surface area contributed by atoms with Crippen molar-refractivity contribution in [1.29, 1.82) is 0 Å². The van der Waals surface area contributed by atoms with Crippen LogP contribution in [0.4, 0.5) is 0 Å². The van der Waals surface area contributed by atoms with E-state index >= 15 is 0 Å². The fourth-order valence-electron chi connectivity index (χ4n) is 7.52.